The zero-order valence-electron chi connectivity index (χ0n) is 7.19. The van der Waals surface area contributed by atoms with Crippen LogP contribution in [0.1, 0.15) is 0 Å². The van der Waals surface area contributed by atoms with Crippen LogP contribution in [0.25, 0.3) is 0 Å². The number of nitriles is 1. The Bertz CT molecular complexity index is 208. The van der Waals surface area contributed by atoms with E-state index in [9.17, 15) is 0 Å². The van der Waals surface area contributed by atoms with E-state index in [1.165, 1.54) is 0 Å². The third kappa shape index (κ3) is 2.10. The number of nitrogens with zero attached hydrogens (tertiary/aromatic N) is 4. The fourth-order valence-corrected chi connectivity index (χ4v) is 1.16. The number of aliphatic imine (C=N–C) groups is 1. The first-order valence-electron chi connectivity index (χ1n) is 3.90. The van der Waals surface area contributed by atoms with Crippen molar-refractivity contribution in [1.82, 2.24) is 9.80 Å². The van der Waals surface area contributed by atoms with Crippen molar-refractivity contribution < 1.29 is 0 Å². The molecule has 1 saturated heterocycles. The molecule has 1 aliphatic heterocycles. The summed E-state index contributed by atoms with van der Waals surface area (Å²) >= 11 is 0. The van der Waals surface area contributed by atoms with Crippen LogP contribution in [0, 0.1) is 11.5 Å². The number of rotatable bonds is 0. The molecule has 12 heavy (non-hydrogen) atoms. The van der Waals surface area contributed by atoms with Crippen molar-refractivity contribution in [2.75, 3.05) is 33.2 Å². The molecule has 0 aromatic rings. The largest absolute Gasteiger partial charge is 0.369 e. The van der Waals surface area contributed by atoms with Crippen LogP contribution in [-0.2, 0) is 0 Å². The van der Waals surface area contributed by atoms with Crippen molar-refractivity contribution in [2.45, 2.75) is 0 Å². The highest BCUT2D eigenvalue weighted by molar-refractivity contribution is 5.79. The van der Waals surface area contributed by atoms with Crippen LogP contribution in [0.3, 0.4) is 0 Å². The SMILES string of the molecule is CN1CCN(C(N)=NC#N)CC1. The smallest absolute Gasteiger partial charge is 0.209 e. The van der Waals surface area contributed by atoms with E-state index in [4.69, 9.17) is 11.0 Å². The maximum absolute atomic E-state index is 8.26. The van der Waals surface area contributed by atoms with Crippen molar-refractivity contribution in [3.63, 3.8) is 0 Å². The van der Waals surface area contributed by atoms with Gasteiger partial charge in [-0.05, 0) is 7.05 Å². The number of piperazine rings is 1. The number of likely N-dealkylation sites (N-methyl/N-ethyl adjacent to an activating group) is 1. The summed E-state index contributed by atoms with van der Waals surface area (Å²) in [5.41, 5.74) is 5.54. The predicted octanol–water partition coefficient (Wildman–Crippen LogP) is -0.970. The molecule has 0 bridgehead atoms. The molecular weight excluding hydrogens is 154 g/mol. The van der Waals surface area contributed by atoms with Crippen molar-refractivity contribution in [3.8, 4) is 6.19 Å². The van der Waals surface area contributed by atoms with Gasteiger partial charge in [0, 0.05) is 26.2 Å². The van der Waals surface area contributed by atoms with Crippen LogP contribution in [0.15, 0.2) is 4.99 Å². The maximum Gasteiger partial charge on any atom is 0.209 e. The van der Waals surface area contributed by atoms with Gasteiger partial charge in [0.15, 0.2) is 0 Å². The van der Waals surface area contributed by atoms with Gasteiger partial charge in [0.25, 0.3) is 0 Å². The lowest BCUT2D eigenvalue weighted by Crippen LogP contribution is -2.49. The molecule has 5 heteroatoms. The Morgan fingerprint density at radius 1 is 1.42 bits per heavy atom. The van der Waals surface area contributed by atoms with E-state index in [1.54, 1.807) is 6.19 Å². The van der Waals surface area contributed by atoms with E-state index in [2.05, 4.69) is 16.9 Å². The summed E-state index contributed by atoms with van der Waals surface area (Å²) in [6, 6.07) is 0. The Labute approximate surface area is 72.1 Å². The van der Waals surface area contributed by atoms with Gasteiger partial charge in [-0.25, -0.2) is 0 Å². The molecule has 0 unspecified atom stereocenters. The van der Waals surface area contributed by atoms with Crippen LogP contribution in [0.4, 0.5) is 0 Å². The van der Waals surface area contributed by atoms with Crippen LogP contribution in [-0.4, -0.2) is 49.0 Å². The summed E-state index contributed by atoms with van der Waals surface area (Å²) in [7, 11) is 2.06. The third-order valence-electron chi connectivity index (χ3n) is 1.99. The predicted molar refractivity (Wildman–Crippen MR) is 46.3 cm³/mol. The Kier molecular flexibility index (Phi) is 2.88. The summed E-state index contributed by atoms with van der Waals surface area (Å²) in [5, 5.41) is 8.26. The first-order chi connectivity index (χ1) is 5.74. The lowest BCUT2D eigenvalue weighted by Gasteiger charge is -2.32. The molecule has 66 valence electrons. The van der Waals surface area contributed by atoms with Crippen molar-refractivity contribution >= 4 is 5.96 Å². The normalized spacial score (nSPS) is 20.7. The first-order valence-corrected chi connectivity index (χ1v) is 3.90. The molecule has 0 saturated carbocycles. The van der Waals surface area contributed by atoms with Gasteiger partial charge in [-0.2, -0.15) is 5.26 Å². The van der Waals surface area contributed by atoms with Gasteiger partial charge in [0.1, 0.15) is 0 Å². The lowest BCUT2D eigenvalue weighted by atomic mass is 10.3. The number of nitrogens with two attached hydrogens (primary N) is 1. The van der Waals surface area contributed by atoms with Gasteiger partial charge < -0.3 is 15.5 Å². The minimum atomic E-state index is 0.339. The molecule has 1 rings (SSSR count). The van der Waals surface area contributed by atoms with Crippen molar-refractivity contribution in [3.05, 3.63) is 0 Å². The van der Waals surface area contributed by atoms with E-state index in [-0.39, 0.29) is 0 Å². The minimum absolute atomic E-state index is 0.339. The third-order valence-corrected chi connectivity index (χ3v) is 1.99. The fourth-order valence-electron chi connectivity index (χ4n) is 1.16. The lowest BCUT2D eigenvalue weighted by molar-refractivity contribution is 0.214. The van der Waals surface area contributed by atoms with E-state index >= 15 is 0 Å². The number of guanidine groups is 1. The monoisotopic (exact) mass is 167 g/mol. The first kappa shape index (κ1) is 8.81. The van der Waals surface area contributed by atoms with E-state index < -0.39 is 0 Å². The molecule has 5 nitrogen and oxygen atoms in total. The average molecular weight is 167 g/mol. The maximum atomic E-state index is 8.26. The molecule has 0 amide bonds. The fraction of sp³-hybridized carbons (Fsp3) is 0.714. The van der Waals surface area contributed by atoms with Gasteiger partial charge in [0.05, 0.1) is 0 Å². The molecular formula is C7H13N5. The van der Waals surface area contributed by atoms with Crippen LogP contribution < -0.4 is 5.73 Å². The summed E-state index contributed by atoms with van der Waals surface area (Å²) < 4.78 is 0. The number of hydrogen-bond donors (Lipinski definition) is 1. The topological polar surface area (TPSA) is 68.7 Å². The summed E-state index contributed by atoms with van der Waals surface area (Å²) in [6.07, 6.45) is 1.68. The number of hydrogen-bond acceptors (Lipinski definition) is 3. The molecule has 1 heterocycles. The van der Waals surface area contributed by atoms with E-state index in [0.717, 1.165) is 26.2 Å². The Morgan fingerprint density at radius 2 is 2.00 bits per heavy atom. The molecule has 0 aliphatic carbocycles. The summed E-state index contributed by atoms with van der Waals surface area (Å²) in [4.78, 5) is 7.62. The van der Waals surface area contributed by atoms with Gasteiger partial charge in [-0.1, -0.05) is 0 Å². The Morgan fingerprint density at radius 3 is 2.50 bits per heavy atom. The Balaban J connectivity index is 2.45. The molecule has 2 N–H and O–H groups in total. The second kappa shape index (κ2) is 3.93. The van der Waals surface area contributed by atoms with Crippen molar-refractivity contribution in [2.24, 2.45) is 10.7 Å². The molecule has 0 spiro atoms. The van der Waals surface area contributed by atoms with Gasteiger partial charge in [-0.15, -0.1) is 4.99 Å². The molecule has 1 aliphatic rings. The zero-order chi connectivity index (χ0) is 8.97. The second-order valence-corrected chi connectivity index (χ2v) is 2.86. The van der Waals surface area contributed by atoms with Crippen LogP contribution >= 0.6 is 0 Å². The average Bonchev–Trinajstić information content (AvgIpc) is 2.06. The van der Waals surface area contributed by atoms with Crippen LogP contribution in [0.5, 0.6) is 0 Å². The van der Waals surface area contributed by atoms with E-state index in [0.29, 0.717) is 5.96 Å². The molecule has 0 aromatic heterocycles. The van der Waals surface area contributed by atoms with Gasteiger partial charge in [0.2, 0.25) is 12.2 Å². The standard InChI is InChI=1S/C7H13N5/c1-11-2-4-12(5-3-11)7(9)10-6-8/h2-5H2,1H3,(H2,9,10). The van der Waals surface area contributed by atoms with Crippen LogP contribution in [0.2, 0.25) is 0 Å². The quantitative estimate of drug-likeness (QED) is 0.286. The molecule has 0 atom stereocenters. The molecule has 0 aromatic carbocycles. The van der Waals surface area contributed by atoms with Gasteiger partial charge in [-0.3, -0.25) is 0 Å². The summed E-state index contributed by atoms with van der Waals surface area (Å²) in [5.74, 6) is 0.339. The zero-order valence-corrected chi connectivity index (χ0v) is 7.19. The Hall–Kier alpha value is -1.28. The molecule has 1 fully saturated rings. The second-order valence-electron chi connectivity index (χ2n) is 2.86. The van der Waals surface area contributed by atoms with Gasteiger partial charge >= 0.3 is 0 Å². The molecule has 0 radical (unpaired) electrons. The summed E-state index contributed by atoms with van der Waals surface area (Å²) in [6.45, 7) is 3.66. The highest BCUT2D eigenvalue weighted by atomic mass is 15.3. The highest BCUT2D eigenvalue weighted by Gasteiger charge is 2.14. The highest BCUT2D eigenvalue weighted by Crippen LogP contribution is 1.97. The van der Waals surface area contributed by atoms with E-state index in [1.807, 2.05) is 4.90 Å². The van der Waals surface area contributed by atoms with Crippen molar-refractivity contribution in [1.29, 1.82) is 5.26 Å². The minimum Gasteiger partial charge on any atom is -0.369 e.